The molecule has 6 heteroatoms. The van der Waals surface area contributed by atoms with Crippen molar-refractivity contribution in [2.75, 3.05) is 0 Å². The van der Waals surface area contributed by atoms with E-state index in [-0.39, 0.29) is 0 Å². The van der Waals surface area contributed by atoms with Crippen molar-refractivity contribution >= 4 is 56.3 Å². The van der Waals surface area contributed by atoms with Gasteiger partial charge in [-0.2, -0.15) is 0 Å². The molecule has 19 heavy (non-hydrogen) atoms. The monoisotopic (exact) mass is 375 g/mol. The van der Waals surface area contributed by atoms with Crippen molar-refractivity contribution in [3.05, 3.63) is 56.5 Å². The first-order valence-corrected chi connectivity index (χ1v) is 7.15. The molecule has 0 fully saturated rings. The maximum atomic E-state index is 6.13. The van der Waals surface area contributed by atoms with E-state index >= 15 is 0 Å². The maximum absolute atomic E-state index is 6.13. The Kier molecular flexibility index (Phi) is 4.68. The fraction of sp³-hybridized carbons (Fsp3) is 0. The second-order valence-electron chi connectivity index (χ2n) is 3.69. The van der Waals surface area contributed by atoms with Gasteiger partial charge in [-0.25, -0.2) is 0 Å². The van der Waals surface area contributed by atoms with Gasteiger partial charge in [-0.1, -0.05) is 35.4 Å². The fourth-order valence-corrected chi connectivity index (χ4v) is 2.52. The van der Waals surface area contributed by atoms with E-state index in [2.05, 4.69) is 15.9 Å². The molecular weight excluding hydrogens is 369 g/mol. The fourth-order valence-electron chi connectivity index (χ4n) is 1.41. The van der Waals surface area contributed by atoms with Crippen LogP contribution >= 0.6 is 51.3 Å². The van der Waals surface area contributed by atoms with Crippen LogP contribution in [0, 0.1) is 0 Å². The van der Waals surface area contributed by atoms with Gasteiger partial charge in [0.25, 0.3) is 0 Å². The van der Waals surface area contributed by atoms with Crippen LogP contribution in [-0.2, 0) is 0 Å². The van der Waals surface area contributed by atoms with Crippen LogP contribution in [0.2, 0.25) is 10.0 Å². The zero-order valence-corrected chi connectivity index (χ0v) is 13.4. The molecular formula is C13H8BrCl2NOS. The summed E-state index contributed by atoms with van der Waals surface area (Å²) in [5, 5.41) is 1.06. The highest BCUT2D eigenvalue weighted by Gasteiger charge is 2.08. The summed E-state index contributed by atoms with van der Waals surface area (Å²) in [7, 11) is 0. The van der Waals surface area contributed by atoms with Gasteiger partial charge >= 0.3 is 0 Å². The van der Waals surface area contributed by atoms with Crippen LogP contribution in [0.15, 0.2) is 40.9 Å². The lowest BCUT2D eigenvalue weighted by molar-refractivity contribution is 0.480. The summed E-state index contributed by atoms with van der Waals surface area (Å²) in [6.45, 7) is 0. The first kappa shape index (κ1) is 14.6. The standard InChI is InChI=1S/C13H8BrCl2NOS/c14-9-6-8(15)2-4-11(9)18-12-3-1-7(13(17)19)5-10(12)16/h1-6H,(H2,17,19). The van der Waals surface area contributed by atoms with E-state index < -0.39 is 0 Å². The van der Waals surface area contributed by atoms with Crippen LogP contribution in [0.4, 0.5) is 0 Å². The van der Waals surface area contributed by atoms with Gasteiger partial charge in [-0.05, 0) is 52.3 Å². The third-order valence-electron chi connectivity index (χ3n) is 2.33. The molecule has 2 aromatic rings. The molecule has 2 N–H and O–H groups in total. The predicted molar refractivity (Wildman–Crippen MR) is 86.6 cm³/mol. The molecule has 0 aromatic heterocycles. The number of hydrogen-bond donors (Lipinski definition) is 1. The molecule has 0 aliphatic carbocycles. The van der Waals surface area contributed by atoms with Crippen molar-refractivity contribution in [1.29, 1.82) is 0 Å². The Hall–Kier alpha value is -0.810. The molecule has 0 bridgehead atoms. The van der Waals surface area contributed by atoms with Crippen LogP contribution in [0.5, 0.6) is 11.5 Å². The topological polar surface area (TPSA) is 35.2 Å². The van der Waals surface area contributed by atoms with Gasteiger partial charge in [0.1, 0.15) is 16.5 Å². The van der Waals surface area contributed by atoms with Crippen molar-refractivity contribution in [1.82, 2.24) is 0 Å². The second kappa shape index (κ2) is 6.09. The largest absolute Gasteiger partial charge is 0.455 e. The molecule has 0 amide bonds. The predicted octanol–water partition coefficient (Wildman–Crippen LogP) is 5.18. The van der Waals surface area contributed by atoms with E-state index in [4.69, 9.17) is 45.9 Å². The smallest absolute Gasteiger partial charge is 0.146 e. The van der Waals surface area contributed by atoms with Gasteiger partial charge in [0, 0.05) is 10.6 Å². The summed E-state index contributed by atoms with van der Waals surface area (Å²) in [5.41, 5.74) is 6.23. The minimum atomic E-state index is 0.293. The Labute approximate surface area is 134 Å². The van der Waals surface area contributed by atoms with Crippen LogP contribution in [0.1, 0.15) is 5.56 Å². The van der Waals surface area contributed by atoms with Gasteiger partial charge in [0.05, 0.1) is 9.50 Å². The van der Waals surface area contributed by atoms with E-state index in [9.17, 15) is 0 Å². The third kappa shape index (κ3) is 3.60. The Morgan fingerprint density at radius 2 is 1.79 bits per heavy atom. The number of hydrogen-bond acceptors (Lipinski definition) is 2. The average Bonchev–Trinajstić information content (AvgIpc) is 2.34. The third-order valence-corrected chi connectivity index (χ3v) is 3.72. The quantitative estimate of drug-likeness (QED) is 0.749. The van der Waals surface area contributed by atoms with Crippen LogP contribution in [0.3, 0.4) is 0 Å². The SMILES string of the molecule is NC(=S)c1ccc(Oc2ccc(Cl)cc2Br)c(Cl)c1. The number of benzene rings is 2. The number of ether oxygens (including phenoxy) is 1. The van der Waals surface area contributed by atoms with Crippen molar-refractivity contribution < 1.29 is 4.74 Å². The number of halogens is 3. The molecule has 0 radical (unpaired) electrons. The molecule has 0 unspecified atom stereocenters. The van der Waals surface area contributed by atoms with Crippen LogP contribution in [0.25, 0.3) is 0 Å². The first-order valence-electron chi connectivity index (χ1n) is 5.19. The number of thiocarbonyl (C=S) groups is 1. The van der Waals surface area contributed by atoms with Crippen molar-refractivity contribution in [3.63, 3.8) is 0 Å². The minimum Gasteiger partial charge on any atom is -0.455 e. The Morgan fingerprint density at radius 1 is 1.11 bits per heavy atom. The van der Waals surface area contributed by atoms with Crippen molar-refractivity contribution in [3.8, 4) is 11.5 Å². The summed E-state index contributed by atoms with van der Waals surface area (Å²) in [6, 6.07) is 10.4. The summed E-state index contributed by atoms with van der Waals surface area (Å²) in [4.78, 5) is 0.293. The molecule has 0 aliphatic rings. The van der Waals surface area contributed by atoms with Gasteiger partial charge in [0.2, 0.25) is 0 Å². The molecule has 2 nitrogen and oxygen atoms in total. The lowest BCUT2D eigenvalue weighted by atomic mass is 10.2. The average molecular weight is 377 g/mol. The summed E-state index contributed by atoms with van der Waals surface area (Å²) < 4.78 is 6.45. The lowest BCUT2D eigenvalue weighted by Crippen LogP contribution is -2.08. The first-order chi connectivity index (χ1) is 8.97. The van der Waals surface area contributed by atoms with Crippen LogP contribution < -0.4 is 10.5 Å². The summed E-state index contributed by atoms with van der Waals surface area (Å²) in [5.74, 6) is 1.14. The highest BCUT2D eigenvalue weighted by atomic mass is 79.9. The lowest BCUT2D eigenvalue weighted by Gasteiger charge is -2.10. The zero-order valence-electron chi connectivity index (χ0n) is 9.49. The molecule has 0 heterocycles. The molecule has 0 atom stereocenters. The molecule has 0 aliphatic heterocycles. The molecule has 98 valence electrons. The van der Waals surface area contributed by atoms with E-state index in [1.54, 1.807) is 36.4 Å². The molecule has 0 spiro atoms. The van der Waals surface area contributed by atoms with Gasteiger partial charge in [-0.3, -0.25) is 0 Å². The second-order valence-corrected chi connectivity index (χ2v) is 5.82. The van der Waals surface area contributed by atoms with E-state index in [0.29, 0.717) is 32.1 Å². The van der Waals surface area contributed by atoms with Crippen LogP contribution in [-0.4, -0.2) is 4.99 Å². The van der Waals surface area contributed by atoms with E-state index in [1.165, 1.54) is 0 Å². The normalized spacial score (nSPS) is 10.3. The number of nitrogens with two attached hydrogens (primary N) is 1. The van der Waals surface area contributed by atoms with Crippen molar-refractivity contribution in [2.24, 2.45) is 5.73 Å². The maximum Gasteiger partial charge on any atom is 0.146 e. The molecule has 0 saturated heterocycles. The number of rotatable bonds is 3. The Morgan fingerprint density at radius 3 is 2.37 bits per heavy atom. The summed E-state index contributed by atoms with van der Waals surface area (Å²) >= 11 is 20.3. The zero-order chi connectivity index (χ0) is 14.0. The van der Waals surface area contributed by atoms with Gasteiger partial charge < -0.3 is 10.5 Å². The highest BCUT2D eigenvalue weighted by Crippen LogP contribution is 2.35. The minimum absolute atomic E-state index is 0.293. The molecule has 0 saturated carbocycles. The summed E-state index contributed by atoms with van der Waals surface area (Å²) in [6.07, 6.45) is 0. The van der Waals surface area contributed by atoms with Gasteiger partial charge in [-0.15, -0.1) is 0 Å². The Bertz CT molecular complexity index is 649. The Balaban J connectivity index is 2.31. The van der Waals surface area contributed by atoms with Gasteiger partial charge in [0.15, 0.2) is 0 Å². The van der Waals surface area contributed by atoms with E-state index in [1.807, 2.05) is 0 Å². The molecule has 2 rings (SSSR count). The van der Waals surface area contributed by atoms with E-state index in [0.717, 1.165) is 4.47 Å². The molecule has 2 aromatic carbocycles. The van der Waals surface area contributed by atoms with Crippen molar-refractivity contribution in [2.45, 2.75) is 0 Å². The highest BCUT2D eigenvalue weighted by molar-refractivity contribution is 9.10.